The number of terminal acetylenes is 1. The van der Waals surface area contributed by atoms with Gasteiger partial charge in [0.1, 0.15) is 6.61 Å². The molecule has 2 atom stereocenters. The minimum atomic E-state index is 0.0473. The largest absolute Gasteiger partial charge is 0.370 e. The zero-order valence-electron chi connectivity index (χ0n) is 6.67. The Balaban J connectivity index is 2.43. The highest BCUT2D eigenvalue weighted by molar-refractivity contribution is 5.84. The maximum Gasteiger partial charge on any atom is 0.164 e. The average Bonchev–Trinajstić information content (AvgIpc) is 2.29. The van der Waals surface area contributed by atoms with E-state index in [9.17, 15) is 4.79 Å². The van der Waals surface area contributed by atoms with E-state index in [0.29, 0.717) is 6.42 Å². The molecule has 0 radical (unpaired) electrons. The van der Waals surface area contributed by atoms with Crippen LogP contribution in [0.3, 0.4) is 0 Å². The first-order valence-corrected chi connectivity index (χ1v) is 3.83. The predicted molar refractivity (Wildman–Crippen MR) is 42.0 cm³/mol. The van der Waals surface area contributed by atoms with Crippen LogP contribution in [0, 0.1) is 18.3 Å². The lowest BCUT2D eigenvalue weighted by Crippen LogP contribution is -2.17. The highest BCUT2D eigenvalue weighted by atomic mass is 16.5. The fourth-order valence-corrected chi connectivity index (χ4v) is 1.33. The van der Waals surface area contributed by atoms with Gasteiger partial charge in [0.25, 0.3) is 0 Å². The van der Waals surface area contributed by atoms with Gasteiger partial charge in [0.15, 0.2) is 5.78 Å². The second kappa shape index (κ2) is 3.54. The Labute approximate surface area is 66.9 Å². The molecule has 0 aromatic rings. The van der Waals surface area contributed by atoms with Crippen molar-refractivity contribution in [2.75, 3.05) is 6.61 Å². The second-order valence-corrected chi connectivity index (χ2v) is 2.83. The van der Waals surface area contributed by atoms with Gasteiger partial charge in [0, 0.05) is 12.3 Å². The number of rotatable bonds is 2. The smallest absolute Gasteiger partial charge is 0.164 e. The SMILES string of the molecule is C#CCCC1C(=O)COC1C. The van der Waals surface area contributed by atoms with Crippen LogP contribution < -0.4 is 0 Å². The summed E-state index contributed by atoms with van der Waals surface area (Å²) in [5.74, 6) is 2.78. The first-order valence-electron chi connectivity index (χ1n) is 3.83. The second-order valence-electron chi connectivity index (χ2n) is 2.83. The van der Waals surface area contributed by atoms with Gasteiger partial charge in [-0.15, -0.1) is 12.3 Å². The van der Waals surface area contributed by atoms with E-state index in [-0.39, 0.29) is 24.4 Å². The summed E-state index contributed by atoms with van der Waals surface area (Å²) in [6.07, 6.45) is 6.61. The number of hydrogen-bond acceptors (Lipinski definition) is 2. The van der Waals surface area contributed by atoms with Crippen LogP contribution in [0.1, 0.15) is 19.8 Å². The van der Waals surface area contributed by atoms with E-state index in [1.54, 1.807) is 0 Å². The Hall–Kier alpha value is -0.810. The van der Waals surface area contributed by atoms with E-state index in [1.165, 1.54) is 0 Å². The molecule has 1 heterocycles. The molecule has 1 rings (SSSR count). The van der Waals surface area contributed by atoms with Crippen LogP contribution in [-0.4, -0.2) is 18.5 Å². The van der Waals surface area contributed by atoms with E-state index in [1.807, 2.05) is 6.92 Å². The standard InChI is InChI=1S/C9H12O2/c1-3-4-5-8-7(2)11-6-9(8)10/h1,7-8H,4-6H2,2H3. The molecule has 0 spiro atoms. The van der Waals surface area contributed by atoms with Crippen LogP contribution in [0.2, 0.25) is 0 Å². The van der Waals surface area contributed by atoms with E-state index >= 15 is 0 Å². The van der Waals surface area contributed by atoms with Gasteiger partial charge in [-0.25, -0.2) is 0 Å². The van der Waals surface area contributed by atoms with E-state index in [4.69, 9.17) is 11.2 Å². The molecule has 60 valence electrons. The fourth-order valence-electron chi connectivity index (χ4n) is 1.33. The van der Waals surface area contributed by atoms with Crippen molar-refractivity contribution >= 4 is 5.78 Å². The number of hydrogen-bond donors (Lipinski definition) is 0. The molecule has 1 fully saturated rings. The Kier molecular flexibility index (Phi) is 2.67. The van der Waals surface area contributed by atoms with Gasteiger partial charge in [-0.1, -0.05) is 0 Å². The van der Waals surface area contributed by atoms with Crippen molar-refractivity contribution < 1.29 is 9.53 Å². The van der Waals surface area contributed by atoms with Crippen molar-refractivity contribution in [3.63, 3.8) is 0 Å². The number of ketones is 1. The third-order valence-electron chi connectivity index (χ3n) is 2.07. The topological polar surface area (TPSA) is 26.3 Å². The number of carbonyl (C=O) groups is 1. The molecule has 1 saturated heterocycles. The molecule has 0 aromatic carbocycles. The van der Waals surface area contributed by atoms with Gasteiger partial charge in [-0.2, -0.15) is 0 Å². The molecule has 1 aliphatic rings. The molecule has 0 N–H and O–H groups in total. The molecule has 0 amide bonds. The van der Waals surface area contributed by atoms with Crippen LogP contribution in [0.4, 0.5) is 0 Å². The maximum atomic E-state index is 11.1. The Morgan fingerprint density at radius 2 is 2.55 bits per heavy atom. The number of ether oxygens (including phenoxy) is 1. The summed E-state index contributed by atoms with van der Waals surface area (Å²) in [6.45, 7) is 2.20. The van der Waals surface area contributed by atoms with Crippen molar-refractivity contribution in [3.8, 4) is 12.3 Å². The predicted octanol–water partition coefficient (Wildman–Crippen LogP) is 1.00. The fraction of sp³-hybridized carbons (Fsp3) is 0.667. The monoisotopic (exact) mass is 152 g/mol. The lowest BCUT2D eigenvalue weighted by molar-refractivity contribution is -0.120. The average molecular weight is 152 g/mol. The van der Waals surface area contributed by atoms with Gasteiger partial charge in [0.2, 0.25) is 0 Å². The summed E-state index contributed by atoms with van der Waals surface area (Å²) in [7, 11) is 0. The first kappa shape index (κ1) is 8.29. The lowest BCUT2D eigenvalue weighted by Gasteiger charge is -2.09. The number of Topliss-reactive ketones (excluding diaryl/α,β-unsaturated/α-hetero) is 1. The zero-order chi connectivity index (χ0) is 8.27. The molecule has 0 saturated carbocycles. The first-order chi connectivity index (χ1) is 5.25. The van der Waals surface area contributed by atoms with Crippen molar-refractivity contribution in [1.29, 1.82) is 0 Å². The summed E-state index contributed by atoms with van der Waals surface area (Å²) < 4.78 is 5.16. The van der Waals surface area contributed by atoms with E-state index in [2.05, 4.69) is 5.92 Å². The van der Waals surface area contributed by atoms with Gasteiger partial charge in [0.05, 0.1) is 6.10 Å². The molecular formula is C9H12O2. The third kappa shape index (κ3) is 1.81. The van der Waals surface area contributed by atoms with Gasteiger partial charge < -0.3 is 4.74 Å². The number of carbonyl (C=O) groups excluding carboxylic acids is 1. The van der Waals surface area contributed by atoms with E-state index in [0.717, 1.165) is 6.42 Å². The van der Waals surface area contributed by atoms with Gasteiger partial charge >= 0.3 is 0 Å². The van der Waals surface area contributed by atoms with Crippen molar-refractivity contribution in [3.05, 3.63) is 0 Å². The third-order valence-corrected chi connectivity index (χ3v) is 2.07. The highest BCUT2D eigenvalue weighted by Crippen LogP contribution is 2.21. The molecule has 0 aromatic heterocycles. The minimum absolute atomic E-state index is 0.0473. The highest BCUT2D eigenvalue weighted by Gasteiger charge is 2.31. The molecule has 2 heteroatoms. The molecule has 0 bridgehead atoms. The van der Waals surface area contributed by atoms with Gasteiger partial charge in [-0.3, -0.25) is 4.79 Å². The summed E-state index contributed by atoms with van der Waals surface area (Å²) in [5, 5.41) is 0. The Morgan fingerprint density at radius 1 is 1.82 bits per heavy atom. The lowest BCUT2D eigenvalue weighted by atomic mass is 9.96. The molecule has 1 aliphatic heterocycles. The van der Waals surface area contributed by atoms with Crippen LogP contribution in [0.15, 0.2) is 0 Å². The molecule has 2 nitrogen and oxygen atoms in total. The molecule has 0 aliphatic carbocycles. The summed E-state index contributed by atoms with van der Waals surface area (Å²) in [4.78, 5) is 11.1. The van der Waals surface area contributed by atoms with Crippen molar-refractivity contribution in [2.24, 2.45) is 5.92 Å². The quantitative estimate of drug-likeness (QED) is 0.552. The zero-order valence-corrected chi connectivity index (χ0v) is 6.67. The minimum Gasteiger partial charge on any atom is -0.370 e. The van der Waals surface area contributed by atoms with Crippen molar-refractivity contribution in [1.82, 2.24) is 0 Å². The van der Waals surface area contributed by atoms with Gasteiger partial charge in [-0.05, 0) is 13.3 Å². The summed E-state index contributed by atoms with van der Waals surface area (Å²) in [5.41, 5.74) is 0. The van der Waals surface area contributed by atoms with Crippen molar-refractivity contribution in [2.45, 2.75) is 25.9 Å². The van der Waals surface area contributed by atoms with Crippen LogP contribution in [0.25, 0.3) is 0 Å². The van der Waals surface area contributed by atoms with Crippen LogP contribution in [-0.2, 0) is 9.53 Å². The molecule has 11 heavy (non-hydrogen) atoms. The normalized spacial score (nSPS) is 30.4. The molecular weight excluding hydrogens is 140 g/mol. The van der Waals surface area contributed by atoms with Crippen LogP contribution in [0.5, 0.6) is 0 Å². The maximum absolute atomic E-state index is 11.1. The van der Waals surface area contributed by atoms with E-state index < -0.39 is 0 Å². The summed E-state index contributed by atoms with van der Waals surface area (Å²) >= 11 is 0. The Morgan fingerprint density at radius 3 is 3.00 bits per heavy atom. The van der Waals surface area contributed by atoms with Crippen LogP contribution >= 0.6 is 0 Å². The Bertz CT molecular complexity index is 190. The molecule has 2 unspecified atom stereocenters. The summed E-state index contributed by atoms with van der Waals surface area (Å²) in [6, 6.07) is 0.